The molecule has 0 radical (unpaired) electrons. The van der Waals surface area contributed by atoms with E-state index < -0.39 is 18.1 Å². The first-order valence-electron chi connectivity index (χ1n) is 13.1. The number of nitrogens with zero attached hydrogens (tertiary/aromatic N) is 2. The molecule has 4 atom stereocenters. The lowest BCUT2D eigenvalue weighted by atomic mass is 9.86. The Hall–Kier alpha value is -2.77. The van der Waals surface area contributed by atoms with Gasteiger partial charge in [0, 0.05) is 41.2 Å². The fourth-order valence-electron chi connectivity index (χ4n) is 6.04. The quantitative estimate of drug-likeness (QED) is 0.444. The summed E-state index contributed by atoms with van der Waals surface area (Å²) in [5.74, 6) is -0.223. The van der Waals surface area contributed by atoms with Crippen LogP contribution in [0.1, 0.15) is 57.7 Å². The Morgan fingerprint density at radius 2 is 1.76 bits per heavy atom. The summed E-state index contributed by atoms with van der Waals surface area (Å²) in [5.41, 5.74) is 1.81. The van der Waals surface area contributed by atoms with Crippen molar-refractivity contribution >= 4 is 23.6 Å². The number of likely N-dealkylation sites (tertiary alicyclic amines) is 1. The van der Waals surface area contributed by atoms with Crippen LogP contribution in [-0.2, 0) is 11.3 Å². The van der Waals surface area contributed by atoms with Crippen molar-refractivity contribution in [3.05, 3.63) is 64.7 Å². The van der Waals surface area contributed by atoms with Crippen LogP contribution in [-0.4, -0.2) is 58.2 Å². The van der Waals surface area contributed by atoms with E-state index in [1.165, 1.54) is 0 Å². The summed E-state index contributed by atoms with van der Waals surface area (Å²) in [4.78, 5) is 30.5. The number of rotatable bonds is 9. The van der Waals surface area contributed by atoms with E-state index >= 15 is 0 Å². The molecule has 2 N–H and O–H groups in total. The van der Waals surface area contributed by atoms with Crippen LogP contribution in [0.4, 0.5) is 4.79 Å². The van der Waals surface area contributed by atoms with E-state index in [0.717, 1.165) is 24.0 Å². The first kappa shape index (κ1) is 27.3. The molecule has 1 saturated carbocycles. The minimum absolute atomic E-state index is 0.0690. The van der Waals surface area contributed by atoms with Gasteiger partial charge in [-0.05, 0) is 70.2 Å². The minimum atomic E-state index is -0.955. The summed E-state index contributed by atoms with van der Waals surface area (Å²) in [6.07, 6.45) is 1.93. The summed E-state index contributed by atoms with van der Waals surface area (Å²) < 4.78 is 5.55. The molecule has 0 spiro atoms. The molecule has 2 aromatic carbocycles. The van der Waals surface area contributed by atoms with Crippen LogP contribution < -0.4 is 10.1 Å². The molecule has 1 aliphatic heterocycles. The summed E-state index contributed by atoms with van der Waals surface area (Å²) in [7, 11) is 1.62. The molecular weight excluding hydrogens is 490 g/mol. The molecule has 1 saturated heterocycles. The molecule has 0 bridgehead atoms. The Labute approximate surface area is 224 Å². The molecule has 37 heavy (non-hydrogen) atoms. The number of hydrogen-bond acceptors (Lipinski definition) is 4. The SMILES string of the molecule is COc1ccc(Cl)cc1CNC1C(C2CC2)C(C(=O)O)N(C(=O)N(C(C)C)C(C)C)C1c1ccccc1. The van der Waals surface area contributed by atoms with E-state index in [1.807, 2.05) is 70.2 Å². The van der Waals surface area contributed by atoms with Crippen LogP contribution in [0.25, 0.3) is 0 Å². The predicted molar refractivity (Wildman–Crippen MR) is 145 cm³/mol. The summed E-state index contributed by atoms with van der Waals surface area (Å²) in [6.45, 7) is 8.33. The average molecular weight is 528 g/mol. The summed E-state index contributed by atoms with van der Waals surface area (Å²) in [5, 5.41) is 14.8. The lowest BCUT2D eigenvalue weighted by Gasteiger charge is -2.39. The molecule has 4 unspecified atom stereocenters. The first-order chi connectivity index (χ1) is 17.6. The predicted octanol–water partition coefficient (Wildman–Crippen LogP) is 5.58. The van der Waals surface area contributed by atoms with E-state index in [1.54, 1.807) is 23.0 Å². The van der Waals surface area contributed by atoms with Crippen LogP contribution in [0, 0.1) is 11.8 Å². The maximum atomic E-state index is 14.2. The number of amides is 2. The summed E-state index contributed by atoms with van der Waals surface area (Å²) in [6, 6.07) is 13.3. The van der Waals surface area contributed by atoms with Crippen LogP contribution >= 0.6 is 11.6 Å². The number of carbonyl (C=O) groups is 2. The van der Waals surface area contributed by atoms with E-state index in [0.29, 0.717) is 17.3 Å². The second-order valence-corrected chi connectivity index (χ2v) is 11.1. The number of carbonyl (C=O) groups excluding carboxylic acids is 1. The fourth-order valence-corrected chi connectivity index (χ4v) is 6.24. The molecule has 1 aliphatic carbocycles. The van der Waals surface area contributed by atoms with Gasteiger partial charge in [0.1, 0.15) is 11.8 Å². The highest BCUT2D eigenvalue weighted by Gasteiger charge is 2.59. The van der Waals surface area contributed by atoms with Crippen LogP contribution in [0.15, 0.2) is 48.5 Å². The molecule has 2 amide bonds. The number of urea groups is 1. The molecule has 2 fully saturated rings. The Morgan fingerprint density at radius 1 is 1.11 bits per heavy atom. The van der Waals surface area contributed by atoms with Gasteiger partial charge >= 0.3 is 12.0 Å². The Bertz CT molecular complexity index is 1100. The van der Waals surface area contributed by atoms with Gasteiger partial charge in [0.25, 0.3) is 0 Å². The van der Waals surface area contributed by atoms with E-state index in [9.17, 15) is 14.7 Å². The van der Waals surface area contributed by atoms with Crippen LogP contribution in [0.3, 0.4) is 0 Å². The maximum absolute atomic E-state index is 14.2. The van der Waals surface area contributed by atoms with Crippen molar-refractivity contribution in [2.24, 2.45) is 11.8 Å². The smallest absolute Gasteiger partial charge is 0.326 e. The monoisotopic (exact) mass is 527 g/mol. The van der Waals surface area contributed by atoms with Gasteiger partial charge in [-0.2, -0.15) is 0 Å². The molecule has 2 aliphatic rings. The Kier molecular flexibility index (Phi) is 8.34. The molecule has 1 heterocycles. The number of ether oxygens (including phenoxy) is 1. The Morgan fingerprint density at radius 3 is 2.30 bits per heavy atom. The number of nitrogens with one attached hydrogen (secondary N) is 1. The van der Waals surface area contributed by atoms with Gasteiger partial charge < -0.3 is 25.0 Å². The molecule has 200 valence electrons. The standard InChI is InChI=1S/C29H38ClN3O4/c1-17(2)32(18(3)4)29(36)33-26(20-9-7-6-8-10-20)25(24(19-11-12-19)27(33)28(34)35)31-16-21-15-22(30)13-14-23(21)37-5/h6-10,13-15,17-19,24-27,31H,11-12,16H2,1-5H3,(H,34,35). The van der Waals surface area contributed by atoms with Gasteiger partial charge in [-0.3, -0.25) is 0 Å². The molecule has 2 aromatic rings. The van der Waals surface area contributed by atoms with Crippen molar-refractivity contribution in [3.8, 4) is 5.75 Å². The summed E-state index contributed by atoms with van der Waals surface area (Å²) >= 11 is 6.29. The van der Waals surface area contributed by atoms with Crippen molar-refractivity contribution in [3.63, 3.8) is 0 Å². The largest absolute Gasteiger partial charge is 0.496 e. The van der Waals surface area contributed by atoms with Crippen molar-refractivity contribution in [2.45, 2.75) is 77.3 Å². The first-order valence-corrected chi connectivity index (χ1v) is 13.5. The number of carboxylic acid groups (broad SMARTS) is 1. The number of aliphatic carboxylic acids is 1. The maximum Gasteiger partial charge on any atom is 0.326 e. The second kappa shape index (κ2) is 11.3. The van der Waals surface area contributed by atoms with Gasteiger partial charge in [-0.25, -0.2) is 9.59 Å². The van der Waals surface area contributed by atoms with Gasteiger partial charge in [0.2, 0.25) is 0 Å². The molecule has 8 heteroatoms. The zero-order valence-corrected chi connectivity index (χ0v) is 23.0. The van der Waals surface area contributed by atoms with Gasteiger partial charge in [-0.1, -0.05) is 41.9 Å². The normalized spacial score (nSPS) is 23.5. The van der Waals surface area contributed by atoms with Crippen molar-refractivity contribution in [2.75, 3.05) is 7.11 Å². The highest BCUT2D eigenvalue weighted by Crippen LogP contribution is 2.51. The van der Waals surface area contributed by atoms with Gasteiger partial charge in [0.05, 0.1) is 13.2 Å². The third-order valence-electron chi connectivity index (χ3n) is 7.60. The van der Waals surface area contributed by atoms with Crippen molar-refractivity contribution < 1.29 is 19.4 Å². The minimum Gasteiger partial charge on any atom is -0.496 e. The lowest BCUT2D eigenvalue weighted by molar-refractivity contribution is -0.143. The number of carboxylic acids is 1. The van der Waals surface area contributed by atoms with E-state index in [4.69, 9.17) is 16.3 Å². The van der Waals surface area contributed by atoms with Gasteiger partial charge in [-0.15, -0.1) is 0 Å². The fraction of sp³-hybridized carbons (Fsp3) is 0.517. The second-order valence-electron chi connectivity index (χ2n) is 10.7. The number of benzene rings is 2. The third kappa shape index (κ3) is 5.58. The molecule has 0 aromatic heterocycles. The van der Waals surface area contributed by atoms with E-state index in [-0.39, 0.29) is 36.0 Å². The average Bonchev–Trinajstić information content (AvgIpc) is 3.63. The molecule has 4 rings (SSSR count). The van der Waals surface area contributed by atoms with Crippen molar-refractivity contribution in [1.82, 2.24) is 15.1 Å². The molecule has 7 nitrogen and oxygen atoms in total. The van der Waals surface area contributed by atoms with Crippen LogP contribution in [0.5, 0.6) is 5.75 Å². The lowest BCUT2D eigenvalue weighted by Crippen LogP contribution is -2.54. The number of hydrogen-bond donors (Lipinski definition) is 2. The van der Waals surface area contributed by atoms with E-state index in [2.05, 4.69) is 5.32 Å². The molecular formula is C29H38ClN3O4. The van der Waals surface area contributed by atoms with Crippen LogP contribution in [0.2, 0.25) is 5.02 Å². The highest BCUT2D eigenvalue weighted by atomic mass is 35.5. The van der Waals surface area contributed by atoms with Gasteiger partial charge in [0.15, 0.2) is 0 Å². The zero-order valence-electron chi connectivity index (χ0n) is 22.2. The number of methoxy groups -OCH3 is 1. The topological polar surface area (TPSA) is 82.1 Å². The zero-order chi connectivity index (χ0) is 26.9. The highest BCUT2D eigenvalue weighted by molar-refractivity contribution is 6.30. The van der Waals surface area contributed by atoms with Crippen molar-refractivity contribution in [1.29, 1.82) is 0 Å². The Balaban J connectivity index is 1.80. The number of halogens is 1. The third-order valence-corrected chi connectivity index (χ3v) is 7.84.